The van der Waals surface area contributed by atoms with E-state index >= 15 is 0 Å². The summed E-state index contributed by atoms with van der Waals surface area (Å²) in [5, 5.41) is 11.8. The van der Waals surface area contributed by atoms with Crippen LogP contribution in [0.3, 0.4) is 0 Å². The fourth-order valence-electron chi connectivity index (χ4n) is 1.18. The van der Waals surface area contributed by atoms with E-state index in [1.165, 1.54) is 7.11 Å². The molecule has 0 fully saturated rings. The van der Waals surface area contributed by atoms with E-state index in [4.69, 9.17) is 0 Å². The number of benzene rings is 1. The number of methoxy groups -OCH3 is 1. The van der Waals surface area contributed by atoms with E-state index in [0.717, 1.165) is 18.2 Å². The second-order valence-electron chi connectivity index (χ2n) is 3.36. The van der Waals surface area contributed by atoms with Gasteiger partial charge in [-0.05, 0) is 18.2 Å². The highest BCUT2D eigenvalue weighted by atomic mass is 127. The predicted octanol–water partition coefficient (Wildman–Crippen LogP) is 1.24. The molecule has 1 unspecified atom stereocenters. The zero-order chi connectivity index (χ0) is 13.7. The van der Waals surface area contributed by atoms with Crippen molar-refractivity contribution < 1.29 is 23.8 Å². The number of nitrogens with one attached hydrogen (secondary N) is 1. The number of esters is 1. The number of carbonyl (C=O) groups excluding carboxylic acids is 2. The molecule has 0 aliphatic heterocycles. The lowest BCUT2D eigenvalue weighted by molar-refractivity contribution is -0.139. The molecule has 98 valence electrons. The molecule has 0 bridgehead atoms. The predicted molar refractivity (Wildman–Crippen MR) is 70.2 cm³/mol. The molecule has 1 atom stereocenters. The Hall–Kier alpha value is -1.38. The second-order valence-corrected chi connectivity index (χ2v) is 4.87. The van der Waals surface area contributed by atoms with Crippen molar-refractivity contribution in [2.75, 3.05) is 13.7 Å². The van der Waals surface area contributed by atoms with E-state index in [2.05, 4.69) is 10.1 Å². The summed E-state index contributed by atoms with van der Waals surface area (Å²) < 4.78 is 16.9. The minimum atomic E-state index is -0.655. The third-order valence-electron chi connectivity index (χ3n) is 2.10. The van der Waals surface area contributed by atoms with E-state index in [0.29, 0.717) is 0 Å². The largest absolute Gasteiger partial charge is 0.507 e. The summed E-state index contributed by atoms with van der Waals surface area (Å²) in [4.78, 5) is 22.7. The van der Waals surface area contributed by atoms with E-state index < -0.39 is 21.6 Å². The molecular weight excluding hydrogens is 356 g/mol. The fraction of sp³-hybridized carbons (Fsp3) is 0.273. The minimum absolute atomic E-state index is 0.0298. The monoisotopic (exact) mass is 367 g/mol. The van der Waals surface area contributed by atoms with Crippen LogP contribution in [-0.4, -0.2) is 34.6 Å². The van der Waals surface area contributed by atoms with Gasteiger partial charge in [0.1, 0.15) is 15.5 Å². The summed E-state index contributed by atoms with van der Waals surface area (Å²) in [7, 11) is 1.24. The van der Waals surface area contributed by atoms with Crippen LogP contribution in [0.4, 0.5) is 4.39 Å². The summed E-state index contributed by atoms with van der Waals surface area (Å²) in [5.74, 6) is -2.08. The molecule has 2 N–H and O–H groups in total. The maximum atomic E-state index is 12.9. The van der Waals surface area contributed by atoms with Crippen molar-refractivity contribution >= 4 is 34.5 Å². The highest BCUT2D eigenvalue weighted by molar-refractivity contribution is 14.1. The standard InChI is InChI=1S/C11H11FINO4/c1-18-11(17)8(13)5-14-10(16)7-4-6(12)2-3-9(7)15/h2-4,8,15H,5H2,1H3,(H,14,16). The van der Waals surface area contributed by atoms with E-state index in [1.807, 2.05) is 22.6 Å². The van der Waals surface area contributed by atoms with Crippen molar-refractivity contribution in [3.8, 4) is 5.75 Å². The first-order valence-electron chi connectivity index (χ1n) is 4.94. The number of alkyl halides is 1. The summed E-state index contributed by atoms with van der Waals surface area (Å²) in [6, 6.07) is 3.05. The van der Waals surface area contributed by atoms with Gasteiger partial charge in [0.25, 0.3) is 5.91 Å². The lowest BCUT2D eigenvalue weighted by atomic mass is 10.2. The number of aromatic hydroxyl groups is 1. The van der Waals surface area contributed by atoms with Crippen molar-refractivity contribution in [2.45, 2.75) is 3.92 Å². The van der Waals surface area contributed by atoms with Crippen LogP contribution >= 0.6 is 22.6 Å². The van der Waals surface area contributed by atoms with Gasteiger partial charge in [-0.1, -0.05) is 22.6 Å². The maximum Gasteiger partial charge on any atom is 0.320 e. The highest BCUT2D eigenvalue weighted by Gasteiger charge is 2.18. The zero-order valence-electron chi connectivity index (χ0n) is 9.44. The highest BCUT2D eigenvalue weighted by Crippen LogP contribution is 2.17. The number of amides is 1. The van der Waals surface area contributed by atoms with Gasteiger partial charge in [-0.15, -0.1) is 0 Å². The summed E-state index contributed by atoms with van der Waals surface area (Å²) in [6.07, 6.45) is 0. The number of halogens is 2. The summed E-state index contributed by atoms with van der Waals surface area (Å²) in [5.41, 5.74) is -0.177. The Bertz CT molecular complexity index is 466. The molecule has 0 aromatic heterocycles. The molecule has 1 aromatic carbocycles. The number of hydrogen-bond donors (Lipinski definition) is 2. The topological polar surface area (TPSA) is 75.6 Å². The summed E-state index contributed by atoms with van der Waals surface area (Å²) in [6.45, 7) is 0.0298. The lowest BCUT2D eigenvalue weighted by Gasteiger charge is -2.10. The molecule has 0 aliphatic rings. The van der Waals surface area contributed by atoms with Gasteiger partial charge in [-0.25, -0.2) is 4.39 Å². The van der Waals surface area contributed by atoms with Crippen molar-refractivity contribution in [2.24, 2.45) is 0 Å². The Balaban J connectivity index is 2.66. The van der Waals surface area contributed by atoms with Crippen LogP contribution in [0, 0.1) is 5.82 Å². The molecule has 0 aliphatic carbocycles. The Morgan fingerprint density at radius 1 is 1.56 bits per heavy atom. The summed E-state index contributed by atoms with van der Waals surface area (Å²) >= 11 is 1.81. The molecule has 0 saturated heterocycles. The van der Waals surface area contributed by atoms with E-state index in [-0.39, 0.29) is 17.9 Å². The quantitative estimate of drug-likeness (QED) is 0.477. The Kier molecular flexibility index (Phi) is 5.32. The molecule has 18 heavy (non-hydrogen) atoms. The molecule has 0 heterocycles. The molecular formula is C11H11FINO4. The van der Waals surface area contributed by atoms with Gasteiger partial charge in [-0.3, -0.25) is 9.59 Å². The first-order valence-corrected chi connectivity index (χ1v) is 6.19. The Morgan fingerprint density at radius 2 is 2.22 bits per heavy atom. The van der Waals surface area contributed by atoms with Gasteiger partial charge < -0.3 is 15.2 Å². The molecule has 0 radical (unpaired) electrons. The number of ether oxygens (including phenoxy) is 1. The van der Waals surface area contributed by atoms with Gasteiger partial charge >= 0.3 is 5.97 Å². The van der Waals surface area contributed by atoms with Crippen molar-refractivity contribution in [3.63, 3.8) is 0 Å². The molecule has 5 nitrogen and oxygen atoms in total. The van der Waals surface area contributed by atoms with Crippen LogP contribution in [0.15, 0.2) is 18.2 Å². The number of hydrogen-bond acceptors (Lipinski definition) is 4. The molecule has 1 amide bonds. The molecule has 0 spiro atoms. The zero-order valence-corrected chi connectivity index (χ0v) is 11.6. The normalized spacial score (nSPS) is 11.7. The number of phenols is 1. The van der Waals surface area contributed by atoms with Crippen LogP contribution in [0.5, 0.6) is 5.75 Å². The van der Waals surface area contributed by atoms with Crippen molar-refractivity contribution in [1.29, 1.82) is 0 Å². The van der Waals surface area contributed by atoms with Crippen LogP contribution in [-0.2, 0) is 9.53 Å². The molecule has 1 rings (SSSR count). The van der Waals surface area contributed by atoms with Crippen LogP contribution in [0.1, 0.15) is 10.4 Å². The van der Waals surface area contributed by atoms with E-state index in [9.17, 15) is 19.1 Å². The third-order valence-corrected chi connectivity index (χ3v) is 3.05. The van der Waals surface area contributed by atoms with Crippen LogP contribution in [0.2, 0.25) is 0 Å². The third kappa shape index (κ3) is 3.83. The Labute approximate surface area is 116 Å². The van der Waals surface area contributed by atoms with Crippen LogP contribution in [0.25, 0.3) is 0 Å². The minimum Gasteiger partial charge on any atom is -0.507 e. The van der Waals surface area contributed by atoms with Gasteiger partial charge in [0.15, 0.2) is 0 Å². The number of rotatable bonds is 4. The second kappa shape index (κ2) is 6.53. The molecule has 7 heteroatoms. The Morgan fingerprint density at radius 3 is 2.83 bits per heavy atom. The van der Waals surface area contributed by atoms with Crippen molar-refractivity contribution in [3.05, 3.63) is 29.6 Å². The smallest absolute Gasteiger partial charge is 0.320 e. The van der Waals surface area contributed by atoms with Gasteiger partial charge in [0.05, 0.1) is 12.7 Å². The molecule has 0 saturated carbocycles. The maximum absolute atomic E-state index is 12.9. The first-order chi connectivity index (χ1) is 8.45. The SMILES string of the molecule is COC(=O)C(I)CNC(=O)c1cc(F)ccc1O. The average Bonchev–Trinajstić information content (AvgIpc) is 2.37. The van der Waals surface area contributed by atoms with Gasteiger partial charge in [0, 0.05) is 6.54 Å². The lowest BCUT2D eigenvalue weighted by Crippen LogP contribution is -2.33. The first kappa shape index (κ1) is 14.7. The van der Waals surface area contributed by atoms with E-state index in [1.54, 1.807) is 0 Å². The van der Waals surface area contributed by atoms with Gasteiger partial charge in [0.2, 0.25) is 0 Å². The fourth-order valence-corrected chi connectivity index (χ4v) is 1.65. The molecule has 1 aromatic rings. The number of phenolic OH excluding ortho intramolecular Hbond substituents is 1. The average molecular weight is 367 g/mol. The van der Waals surface area contributed by atoms with Crippen LogP contribution < -0.4 is 5.32 Å². The van der Waals surface area contributed by atoms with Gasteiger partial charge in [-0.2, -0.15) is 0 Å². The van der Waals surface area contributed by atoms with Crippen molar-refractivity contribution in [1.82, 2.24) is 5.32 Å². The number of carbonyl (C=O) groups is 2.